The third kappa shape index (κ3) is 3.66. The molecule has 1 amide bonds. The average molecular weight is 377 g/mol. The Morgan fingerprint density at radius 3 is 2.50 bits per heavy atom. The lowest BCUT2D eigenvalue weighted by molar-refractivity contribution is -0.115. The largest absolute Gasteiger partial charge is 0.300 e. The number of hydrogen-bond donors (Lipinski definition) is 1. The molecule has 0 aliphatic carbocycles. The van der Waals surface area contributed by atoms with Gasteiger partial charge in [0.25, 0.3) is 5.91 Å². The van der Waals surface area contributed by atoms with Gasteiger partial charge < -0.3 is 5.32 Å². The zero-order valence-electron chi connectivity index (χ0n) is 13.1. The fraction of sp³-hybridized carbons (Fsp3) is 0.111. The number of amidine groups is 1. The van der Waals surface area contributed by atoms with Crippen LogP contribution in [0.2, 0.25) is 10.0 Å². The average Bonchev–Trinajstić information content (AvgIpc) is 2.86. The molecular formula is C18H14Cl2N2OS. The summed E-state index contributed by atoms with van der Waals surface area (Å²) in [5.41, 5.74) is 3.70. The van der Waals surface area contributed by atoms with Gasteiger partial charge >= 0.3 is 0 Å². The summed E-state index contributed by atoms with van der Waals surface area (Å²) >= 11 is 13.6. The van der Waals surface area contributed by atoms with Crippen LogP contribution in [-0.4, -0.2) is 11.1 Å². The van der Waals surface area contributed by atoms with Crippen molar-refractivity contribution in [2.75, 3.05) is 0 Å². The molecule has 1 aliphatic heterocycles. The van der Waals surface area contributed by atoms with Crippen LogP contribution < -0.4 is 5.32 Å². The van der Waals surface area contributed by atoms with Crippen LogP contribution in [0.25, 0.3) is 6.08 Å². The minimum Gasteiger partial charge on any atom is -0.300 e. The van der Waals surface area contributed by atoms with Gasteiger partial charge in [-0.15, -0.1) is 0 Å². The first-order valence-corrected chi connectivity index (χ1v) is 8.82. The molecule has 0 bridgehead atoms. The Bertz CT molecular complexity index is 870. The normalized spacial score (nSPS) is 17.6. The molecule has 2 aromatic rings. The van der Waals surface area contributed by atoms with E-state index in [0.29, 0.717) is 25.7 Å². The molecule has 3 nitrogen and oxygen atoms in total. The van der Waals surface area contributed by atoms with E-state index in [2.05, 4.69) is 16.4 Å². The molecule has 1 fully saturated rings. The Kier molecular flexibility index (Phi) is 4.99. The van der Waals surface area contributed by atoms with Crippen LogP contribution in [-0.2, 0) is 4.79 Å². The maximum atomic E-state index is 12.2. The minimum atomic E-state index is -0.209. The maximum absolute atomic E-state index is 12.2. The number of carbonyl (C=O) groups is 1. The van der Waals surface area contributed by atoms with Gasteiger partial charge in [-0.25, -0.2) is 4.99 Å². The summed E-state index contributed by atoms with van der Waals surface area (Å²) < 4.78 is 0. The summed E-state index contributed by atoms with van der Waals surface area (Å²) in [6.07, 6.45) is 1.69. The van der Waals surface area contributed by atoms with Gasteiger partial charge in [-0.3, -0.25) is 4.79 Å². The second-order valence-electron chi connectivity index (χ2n) is 5.41. The van der Waals surface area contributed by atoms with Crippen molar-refractivity contribution in [3.63, 3.8) is 0 Å². The van der Waals surface area contributed by atoms with E-state index in [0.717, 1.165) is 11.3 Å². The number of nitrogens with zero attached hydrogens (tertiary/aromatic N) is 1. The number of nitrogens with one attached hydrogen (secondary N) is 1. The standard InChI is InChI=1S/C18H14Cl2N2OS/c1-10-6-7-15(11(2)8-10)21-18-22-17(23)16(24-18)9-12-13(19)4-3-5-14(12)20/h3-9H,1-2H3,(H,21,22,23)/b16-9-. The highest BCUT2D eigenvalue weighted by atomic mass is 35.5. The second kappa shape index (κ2) is 7.01. The van der Waals surface area contributed by atoms with Gasteiger partial charge in [0.2, 0.25) is 0 Å². The number of benzene rings is 2. The van der Waals surface area contributed by atoms with Crippen molar-refractivity contribution in [1.82, 2.24) is 5.32 Å². The summed E-state index contributed by atoms with van der Waals surface area (Å²) in [6, 6.07) is 11.2. The van der Waals surface area contributed by atoms with Crippen molar-refractivity contribution in [1.29, 1.82) is 0 Å². The highest BCUT2D eigenvalue weighted by molar-refractivity contribution is 8.18. The van der Waals surface area contributed by atoms with Gasteiger partial charge in [-0.1, -0.05) is 47.0 Å². The van der Waals surface area contributed by atoms with E-state index in [1.807, 2.05) is 26.0 Å². The van der Waals surface area contributed by atoms with Crippen molar-refractivity contribution in [2.45, 2.75) is 13.8 Å². The third-order valence-electron chi connectivity index (χ3n) is 3.50. The molecule has 0 unspecified atom stereocenters. The summed E-state index contributed by atoms with van der Waals surface area (Å²) in [6.45, 7) is 4.03. The Morgan fingerprint density at radius 2 is 1.83 bits per heavy atom. The summed E-state index contributed by atoms with van der Waals surface area (Å²) in [5.74, 6) is -0.209. The molecule has 1 heterocycles. The zero-order valence-corrected chi connectivity index (χ0v) is 15.4. The van der Waals surface area contributed by atoms with Gasteiger partial charge in [-0.05, 0) is 55.4 Å². The summed E-state index contributed by atoms with van der Waals surface area (Å²) in [7, 11) is 0. The van der Waals surface area contributed by atoms with Crippen molar-refractivity contribution < 1.29 is 4.79 Å². The highest BCUT2D eigenvalue weighted by Gasteiger charge is 2.24. The number of hydrogen-bond acceptors (Lipinski definition) is 3. The molecule has 0 aromatic heterocycles. The number of amides is 1. The Balaban J connectivity index is 1.91. The minimum absolute atomic E-state index is 0.209. The first-order chi connectivity index (χ1) is 11.4. The summed E-state index contributed by atoms with van der Waals surface area (Å²) in [4.78, 5) is 17.2. The zero-order chi connectivity index (χ0) is 17.3. The van der Waals surface area contributed by atoms with Gasteiger partial charge in [0.15, 0.2) is 5.17 Å². The molecule has 24 heavy (non-hydrogen) atoms. The van der Waals surface area contributed by atoms with Crippen LogP contribution in [0.15, 0.2) is 46.3 Å². The van der Waals surface area contributed by atoms with E-state index in [1.165, 1.54) is 17.3 Å². The topological polar surface area (TPSA) is 41.5 Å². The lowest BCUT2D eigenvalue weighted by atomic mass is 10.1. The molecule has 2 aromatic carbocycles. The number of aliphatic imine (C=N–C) groups is 1. The fourth-order valence-electron chi connectivity index (χ4n) is 2.30. The molecule has 1 aliphatic rings. The predicted octanol–water partition coefficient (Wildman–Crippen LogP) is 5.50. The Labute approximate surface area is 154 Å². The molecule has 0 spiro atoms. The maximum Gasteiger partial charge on any atom is 0.264 e. The number of rotatable bonds is 2. The van der Waals surface area contributed by atoms with Gasteiger partial charge in [0.1, 0.15) is 0 Å². The van der Waals surface area contributed by atoms with Crippen LogP contribution in [0.3, 0.4) is 0 Å². The molecular weight excluding hydrogens is 363 g/mol. The molecule has 1 saturated heterocycles. The predicted molar refractivity (Wildman–Crippen MR) is 103 cm³/mol. The molecule has 0 atom stereocenters. The number of thioether (sulfide) groups is 1. The smallest absolute Gasteiger partial charge is 0.264 e. The molecule has 0 saturated carbocycles. The van der Waals surface area contributed by atoms with Gasteiger partial charge in [-0.2, -0.15) is 0 Å². The summed E-state index contributed by atoms with van der Waals surface area (Å²) in [5, 5.41) is 4.32. The number of halogens is 2. The van der Waals surface area contributed by atoms with E-state index >= 15 is 0 Å². The molecule has 0 radical (unpaired) electrons. The molecule has 1 N–H and O–H groups in total. The SMILES string of the molecule is Cc1ccc(N=C2NC(=O)/C(=C/c3c(Cl)cccc3Cl)S2)c(C)c1. The van der Waals surface area contributed by atoms with E-state index in [9.17, 15) is 4.79 Å². The highest BCUT2D eigenvalue weighted by Crippen LogP contribution is 2.33. The lowest BCUT2D eigenvalue weighted by Crippen LogP contribution is -2.19. The van der Waals surface area contributed by atoms with Crippen LogP contribution in [0.5, 0.6) is 0 Å². The fourth-order valence-corrected chi connectivity index (χ4v) is 3.62. The van der Waals surface area contributed by atoms with E-state index in [1.54, 1.807) is 24.3 Å². The van der Waals surface area contributed by atoms with Crippen LogP contribution in [0, 0.1) is 13.8 Å². The Morgan fingerprint density at radius 1 is 1.12 bits per heavy atom. The van der Waals surface area contributed by atoms with Crippen LogP contribution in [0.1, 0.15) is 16.7 Å². The number of aryl methyl sites for hydroxylation is 2. The van der Waals surface area contributed by atoms with Crippen molar-refractivity contribution in [3.8, 4) is 0 Å². The van der Waals surface area contributed by atoms with Gasteiger partial charge in [0.05, 0.1) is 10.6 Å². The monoisotopic (exact) mass is 376 g/mol. The van der Waals surface area contributed by atoms with Gasteiger partial charge in [0, 0.05) is 15.6 Å². The van der Waals surface area contributed by atoms with E-state index in [4.69, 9.17) is 23.2 Å². The Hall–Kier alpha value is -1.75. The van der Waals surface area contributed by atoms with Crippen molar-refractivity contribution in [2.24, 2.45) is 4.99 Å². The molecule has 122 valence electrons. The van der Waals surface area contributed by atoms with Crippen LogP contribution >= 0.6 is 35.0 Å². The second-order valence-corrected chi connectivity index (χ2v) is 7.25. The molecule has 6 heteroatoms. The quantitative estimate of drug-likeness (QED) is 0.702. The third-order valence-corrected chi connectivity index (χ3v) is 5.07. The van der Waals surface area contributed by atoms with E-state index in [-0.39, 0.29) is 5.91 Å². The first kappa shape index (κ1) is 17.1. The number of carbonyl (C=O) groups excluding carboxylic acids is 1. The van der Waals surface area contributed by atoms with Crippen molar-refractivity contribution in [3.05, 3.63) is 68.0 Å². The van der Waals surface area contributed by atoms with E-state index < -0.39 is 0 Å². The molecule has 3 rings (SSSR count). The van der Waals surface area contributed by atoms with Crippen LogP contribution in [0.4, 0.5) is 5.69 Å². The lowest BCUT2D eigenvalue weighted by Gasteiger charge is -2.02. The van der Waals surface area contributed by atoms with Crippen molar-refractivity contribution >= 4 is 57.8 Å². The first-order valence-electron chi connectivity index (χ1n) is 7.25.